The number of halogens is 1. The van der Waals surface area contributed by atoms with E-state index in [0.717, 1.165) is 27.5 Å². The Balaban J connectivity index is 2.68. The number of aromatic nitrogens is 2. The Bertz CT molecular complexity index is 798. The zero-order valence-electron chi connectivity index (χ0n) is 9.52. The lowest BCUT2D eigenvalue weighted by Crippen LogP contribution is -2.03. The van der Waals surface area contributed by atoms with Crippen LogP contribution in [-0.4, -0.2) is 9.97 Å². The van der Waals surface area contributed by atoms with Gasteiger partial charge in [-0.3, -0.25) is 4.79 Å². The molecule has 2 N–H and O–H groups in total. The minimum atomic E-state index is -0.174. The quantitative estimate of drug-likeness (QED) is 0.628. The van der Waals surface area contributed by atoms with E-state index in [1.165, 1.54) is 11.6 Å². The summed E-state index contributed by atoms with van der Waals surface area (Å²) in [6.45, 7) is 4.08. The average Bonchev–Trinajstić information content (AvgIpc) is 2.55. The van der Waals surface area contributed by atoms with Gasteiger partial charge in [-0.15, -0.1) is 0 Å². The van der Waals surface area contributed by atoms with Gasteiger partial charge in [0.05, 0.1) is 10.5 Å². The van der Waals surface area contributed by atoms with Crippen LogP contribution in [-0.2, 0) is 0 Å². The Hall–Kier alpha value is -1.74. The lowest BCUT2D eigenvalue weighted by Gasteiger charge is -2.03. The van der Waals surface area contributed by atoms with Crippen LogP contribution < -0.4 is 5.56 Å². The second kappa shape index (κ2) is 3.37. The van der Waals surface area contributed by atoms with Gasteiger partial charge in [0.1, 0.15) is 0 Å². The first-order valence-corrected chi connectivity index (χ1v) is 5.76. The Morgan fingerprint density at radius 1 is 1.06 bits per heavy atom. The van der Waals surface area contributed by atoms with E-state index in [-0.39, 0.29) is 5.56 Å². The van der Waals surface area contributed by atoms with Crippen molar-refractivity contribution in [1.82, 2.24) is 9.97 Å². The van der Waals surface area contributed by atoms with Gasteiger partial charge < -0.3 is 9.97 Å². The highest BCUT2D eigenvalue weighted by molar-refractivity contribution is 6.37. The van der Waals surface area contributed by atoms with Gasteiger partial charge in [-0.05, 0) is 31.5 Å². The van der Waals surface area contributed by atoms with Crippen LogP contribution in [0.5, 0.6) is 0 Å². The monoisotopic (exact) mass is 246 g/mol. The maximum atomic E-state index is 11.4. The fraction of sp³-hybridized carbons (Fsp3) is 0.154. The van der Waals surface area contributed by atoms with Crippen molar-refractivity contribution in [3.8, 4) is 0 Å². The summed E-state index contributed by atoms with van der Waals surface area (Å²) >= 11 is 6.19. The molecule has 4 heteroatoms. The van der Waals surface area contributed by atoms with Crippen LogP contribution >= 0.6 is 11.6 Å². The standard InChI is InChI=1S/C13H11ClN2O/c1-6-7(2)15-9-3-4-10-13(12(6)9)8(14)5-11(17)16-10/h3-5,15H,1-2H3,(H,16,17). The van der Waals surface area contributed by atoms with Gasteiger partial charge >= 0.3 is 0 Å². The molecule has 0 atom stereocenters. The zero-order chi connectivity index (χ0) is 12.2. The molecule has 0 saturated carbocycles. The average molecular weight is 247 g/mol. The molecule has 0 aliphatic rings. The number of hydrogen-bond donors (Lipinski definition) is 2. The number of H-pyrrole nitrogens is 2. The summed E-state index contributed by atoms with van der Waals surface area (Å²) in [6.07, 6.45) is 0. The van der Waals surface area contributed by atoms with Crippen molar-refractivity contribution in [2.45, 2.75) is 13.8 Å². The van der Waals surface area contributed by atoms with Crippen LogP contribution in [0.2, 0.25) is 5.02 Å². The van der Waals surface area contributed by atoms with Crippen molar-refractivity contribution in [2.75, 3.05) is 0 Å². The van der Waals surface area contributed by atoms with Gasteiger partial charge in [-0.2, -0.15) is 0 Å². The SMILES string of the molecule is Cc1[nH]c2ccc3[nH]c(=O)cc(Cl)c3c2c1C. The summed E-state index contributed by atoms with van der Waals surface area (Å²) in [6, 6.07) is 5.26. The number of aryl methyl sites for hydroxylation is 2. The van der Waals surface area contributed by atoms with E-state index in [1.54, 1.807) is 0 Å². The maximum absolute atomic E-state index is 11.4. The van der Waals surface area contributed by atoms with Gasteiger partial charge in [0.2, 0.25) is 5.56 Å². The minimum Gasteiger partial charge on any atom is -0.358 e. The van der Waals surface area contributed by atoms with E-state index in [1.807, 2.05) is 19.1 Å². The largest absolute Gasteiger partial charge is 0.358 e. The Morgan fingerprint density at radius 2 is 1.71 bits per heavy atom. The van der Waals surface area contributed by atoms with Gasteiger partial charge in [0.15, 0.2) is 0 Å². The molecule has 0 fully saturated rings. The zero-order valence-corrected chi connectivity index (χ0v) is 10.3. The van der Waals surface area contributed by atoms with E-state index in [9.17, 15) is 4.79 Å². The Kier molecular flexibility index (Phi) is 2.07. The lowest BCUT2D eigenvalue weighted by molar-refractivity contribution is 1.25. The summed E-state index contributed by atoms with van der Waals surface area (Å²) in [7, 11) is 0. The van der Waals surface area contributed by atoms with Gasteiger partial charge in [0.25, 0.3) is 0 Å². The first-order chi connectivity index (χ1) is 8.08. The molecule has 3 rings (SSSR count). The molecule has 2 aromatic heterocycles. The summed E-state index contributed by atoms with van der Waals surface area (Å²) < 4.78 is 0. The Labute approximate surface area is 102 Å². The van der Waals surface area contributed by atoms with Gasteiger partial charge in [-0.1, -0.05) is 11.6 Å². The molecule has 0 radical (unpaired) electrons. The van der Waals surface area contributed by atoms with Gasteiger partial charge in [0, 0.05) is 28.0 Å². The molecule has 0 aliphatic heterocycles. The molecular formula is C13H11ClN2O. The molecule has 0 aliphatic carbocycles. The van der Waals surface area contributed by atoms with Crippen molar-refractivity contribution in [3.63, 3.8) is 0 Å². The summed E-state index contributed by atoms with van der Waals surface area (Å²) in [5, 5.41) is 2.49. The fourth-order valence-electron chi connectivity index (χ4n) is 2.29. The highest BCUT2D eigenvalue weighted by Gasteiger charge is 2.11. The molecule has 0 amide bonds. The second-order valence-electron chi connectivity index (χ2n) is 4.27. The summed E-state index contributed by atoms with van der Waals surface area (Å²) in [5.74, 6) is 0. The predicted molar refractivity (Wildman–Crippen MR) is 70.9 cm³/mol. The van der Waals surface area contributed by atoms with Crippen molar-refractivity contribution in [3.05, 3.63) is 44.8 Å². The predicted octanol–water partition coefficient (Wildman–Crippen LogP) is 3.28. The molecule has 17 heavy (non-hydrogen) atoms. The molecule has 0 spiro atoms. The maximum Gasteiger partial charge on any atom is 0.249 e. The van der Waals surface area contributed by atoms with Crippen molar-refractivity contribution >= 4 is 33.4 Å². The van der Waals surface area contributed by atoms with Crippen molar-refractivity contribution in [1.29, 1.82) is 0 Å². The number of benzene rings is 1. The number of rotatable bonds is 0. The lowest BCUT2D eigenvalue weighted by atomic mass is 10.1. The third kappa shape index (κ3) is 1.39. The van der Waals surface area contributed by atoms with Crippen molar-refractivity contribution in [2.24, 2.45) is 0 Å². The van der Waals surface area contributed by atoms with Crippen molar-refractivity contribution < 1.29 is 0 Å². The number of fused-ring (bicyclic) bond motifs is 3. The van der Waals surface area contributed by atoms with E-state index >= 15 is 0 Å². The molecule has 0 saturated heterocycles. The first-order valence-electron chi connectivity index (χ1n) is 5.38. The van der Waals surface area contributed by atoms with E-state index in [2.05, 4.69) is 16.9 Å². The molecule has 86 valence electrons. The molecule has 1 aromatic carbocycles. The summed E-state index contributed by atoms with van der Waals surface area (Å²) in [5.41, 5.74) is 3.93. The van der Waals surface area contributed by atoms with Gasteiger partial charge in [-0.25, -0.2) is 0 Å². The smallest absolute Gasteiger partial charge is 0.249 e. The van der Waals surface area contributed by atoms with E-state index in [0.29, 0.717) is 5.02 Å². The fourth-order valence-corrected chi connectivity index (χ4v) is 2.58. The number of hydrogen-bond acceptors (Lipinski definition) is 1. The van der Waals surface area contributed by atoms with Crippen LogP contribution in [0.15, 0.2) is 23.0 Å². The van der Waals surface area contributed by atoms with E-state index in [4.69, 9.17) is 11.6 Å². The van der Waals surface area contributed by atoms with Crippen LogP contribution in [0, 0.1) is 13.8 Å². The Morgan fingerprint density at radius 3 is 2.41 bits per heavy atom. The molecule has 3 nitrogen and oxygen atoms in total. The second-order valence-corrected chi connectivity index (χ2v) is 4.67. The highest BCUT2D eigenvalue weighted by Crippen LogP contribution is 2.32. The normalized spacial score (nSPS) is 11.5. The number of pyridine rings is 1. The summed E-state index contributed by atoms with van der Waals surface area (Å²) in [4.78, 5) is 17.5. The minimum absolute atomic E-state index is 0.174. The third-order valence-electron chi connectivity index (χ3n) is 3.22. The first kappa shape index (κ1) is 10.4. The van der Waals surface area contributed by atoms with Crippen LogP contribution in [0.25, 0.3) is 21.8 Å². The molecule has 0 unspecified atom stereocenters. The van der Waals surface area contributed by atoms with Crippen LogP contribution in [0.3, 0.4) is 0 Å². The number of nitrogens with one attached hydrogen (secondary N) is 2. The molecule has 0 bridgehead atoms. The molecular weight excluding hydrogens is 236 g/mol. The number of aromatic amines is 2. The highest BCUT2D eigenvalue weighted by atomic mass is 35.5. The van der Waals surface area contributed by atoms with Crippen LogP contribution in [0.1, 0.15) is 11.3 Å². The molecule has 3 aromatic rings. The van der Waals surface area contributed by atoms with E-state index < -0.39 is 0 Å². The topological polar surface area (TPSA) is 48.6 Å². The third-order valence-corrected chi connectivity index (χ3v) is 3.52. The van der Waals surface area contributed by atoms with Crippen LogP contribution in [0.4, 0.5) is 0 Å². The molecule has 2 heterocycles.